The second kappa shape index (κ2) is 3.90. The van der Waals surface area contributed by atoms with Crippen LogP contribution in [-0.2, 0) is 7.05 Å². The number of aryl methyl sites for hydroxylation is 1. The molecular formula is C11H16N4. The average Bonchev–Trinajstić information content (AvgIpc) is 2.57. The molecule has 0 saturated heterocycles. The predicted octanol–water partition coefficient (Wildman–Crippen LogP) is 1.33. The Morgan fingerprint density at radius 2 is 2.33 bits per heavy atom. The zero-order valence-electron chi connectivity index (χ0n) is 9.07. The van der Waals surface area contributed by atoms with Crippen molar-refractivity contribution in [1.82, 2.24) is 9.55 Å². The van der Waals surface area contributed by atoms with E-state index >= 15 is 0 Å². The molecule has 1 aromatic heterocycles. The van der Waals surface area contributed by atoms with Crippen LogP contribution in [0.5, 0.6) is 0 Å². The van der Waals surface area contributed by atoms with Gasteiger partial charge in [0.05, 0.1) is 17.4 Å². The van der Waals surface area contributed by atoms with Gasteiger partial charge in [0.2, 0.25) is 0 Å². The quantitative estimate of drug-likeness (QED) is 0.793. The van der Waals surface area contributed by atoms with E-state index < -0.39 is 0 Å². The minimum atomic E-state index is 0.157. The van der Waals surface area contributed by atoms with Gasteiger partial charge in [0.15, 0.2) is 0 Å². The summed E-state index contributed by atoms with van der Waals surface area (Å²) in [6.45, 7) is 2.75. The van der Waals surface area contributed by atoms with E-state index in [1.165, 1.54) is 0 Å². The van der Waals surface area contributed by atoms with Crippen molar-refractivity contribution < 1.29 is 0 Å². The normalized spacial score (nSPS) is 13.0. The Morgan fingerprint density at radius 1 is 1.53 bits per heavy atom. The van der Waals surface area contributed by atoms with Gasteiger partial charge in [-0.15, -0.1) is 0 Å². The van der Waals surface area contributed by atoms with Crippen molar-refractivity contribution in [3.05, 3.63) is 24.5 Å². The summed E-state index contributed by atoms with van der Waals surface area (Å²) in [5.74, 6) is 0. The number of hydrogen-bond acceptors (Lipinski definition) is 3. The fourth-order valence-corrected chi connectivity index (χ4v) is 1.52. The minimum Gasteiger partial charge on any atom is -0.383 e. The van der Waals surface area contributed by atoms with Gasteiger partial charge < -0.3 is 15.6 Å². The Kier molecular flexibility index (Phi) is 2.60. The van der Waals surface area contributed by atoms with Crippen LogP contribution in [0.25, 0.3) is 11.0 Å². The summed E-state index contributed by atoms with van der Waals surface area (Å²) in [5, 5.41) is 3.27. The van der Waals surface area contributed by atoms with Crippen LogP contribution in [-0.4, -0.2) is 22.1 Å². The second-order valence-corrected chi connectivity index (χ2v) is 3.92. The predicted molar refractivity (Wildman–Crippen MR) is 62.9 cm³/mol. The molecule has 80 valence electrons. The Hall–Kier alpha value is -1.55. The molecule has 0 aliphatic heterocycles. The fourth-order valence-electron chi connectivity index (χ4n) is 1.52. The maximum absolute atomic E-state index is 5.67. The summed E-state index contributed by atoms with van der Waals surface area (Å²) < 4.78 is 2.00. The fraction of sp³-hybridized carbons (Fsp3) is 0.364. The van der Waals surface area contributed by atoms with Gasteiger partial charge in [-0.2, -0.15) is 0 Å². The number of nitrogens with zero attached hydrogens (tertiary/aromatic N) is 2. The standard InChI is InChI=1S/C11H16N4/c1-8(12)6-13-9-3-4-11-10(5-9)14-7-15(11)2/h3-5,7-8,13H,6,12H2,1-2H3. The highest BCUT2D eigenvalue weighted by molar-refractivity contribution is 5.79. The van der Waals surface area contributed by atoms with Crippen molar-refractivity contribution in [1.29, 1.82) is 0 Å². The molecule has 1 atom stereocenters. The monoisotopic (exact) mass is 204 g/mol. The van der Waals surface area contributed by atoms with Gasteiger partial charge in [-0.05, 0) is 25.1 Å². The van der Waals surface area contributed by atoms with Crippen LogP contribution < -0.4 is 11.1 Å². The molecule has 0 spiro atoms. The van der Waals surface area contributed by atoms with Gasteiger partial charge >= 0.3 is 0 Å². The Bertz CT molecular complexity index is 459. The van der Waals surface area contributed by atoms with E-state index in [9.17, 15) is 0 Å². The molecule has 0 saturated carbocycles. The Balaban J connectivity index is 2.23. The van der Waals surface area contributed by atoms with Gasteiger partial charge in [0.25, 0.3) is 0 Å². The number of fused-ring (bicyclic) bond motifs is 1. The molecule has 1 unspecified atom stereocenters. The summed E-state index contributed by atoms with van der Waals surface area (Å²) in [7, 11) is 1.99. The van der Waals surface area contributed by atoms with Crippen LogP contribution in [0.2, 0.25) is 0 Å². The van der Waals surface area contributed by atoms with Crippen molar-refractivity contribution in [3.8, 4) is 0 Å². The highest BCUT2D eigenvalue weighted by atomic mass is 15.0. The van der Waals surface area contributed by atoms with Crippen LogP contribution in [0.15, 0.2) is 24.5 Å². The maximum atomic E-state index is 5.67. The molecule has 2 rings (SSSR count). The molecular weight excluding hydrogens is 188 g/mol. The van der Waals surface area contributed by atoms with Gasteiger partial charge in [0.1, 0.15) is 0 Å². The first-order chi connectivity index (χ1) is 7.16. The molecule has 1 aromatic carbocycles. The van der Waals surface area contributed by atoms with Crippen LogP contribution in [0.1, 0.15) is 6.92 Å². The van der Waals surface area contributed by atoms with E-state index in [2.05, 4.69) is 16.4 Å². The summed E-state index contributed by atoms with van der Waals surface area (Å²) in [6.07, 6.45) is 1.82. The number of imidazole rings is 1. The molecule has 0 amide bonds. The van der Waals surface area contributed by atoms with Gasteiger partial charge in [-0.1, -0.05) is 0 Å². The van der Waals surface area contributed by atoms with Gasteiger partial charge in [0, 0.05) is 25.3 Å². The SMILES string of the molecule is CC(N)CNc1ccc2c(c1)ncn2C. The topological polar surface area (TPSA) is 55.9 Å². The average molecular weight is 204 g/mol. The molecule has 4 heteroatoms. The number of anilines is 1. The first-order valence-electron chi connectivity index (χ1n) is 5.07. The summed E-state index contributed by atoms with van der Waals surface area (Å²) >= 11 is 0. The highest BCUT2D eigenvalue weighted by Gasteiger charge is 2.01. The number of aromatic nitrogens is 2. The lowest BCUT2D eigenvalue weighted by molar-refractivity contribution is 0.780. The number of nitrogens with two attached hydrogens (primary N) is 1. The van der Waals surface area contributed by atoms with E-state index in [1.54, 1.807) is 0 Å². The number of hydrogen-bond donors (Lipinski definition) is 2. The van der Waals surface area contributed by atoms with E-state index in [0.29, 0.717) is 0 Å². The van der Waals surface area contributed by atoms with Crippen molar-refractivity contribution in [2.24, 2.45) is 12.8 Å². The van der Waals surface area contributed by atoms with Crippen molar-refractivity contribution in [2.75, 3.05) is 11.9 Å². The molecule has 0 bridgehead atoms. The lowest BCUT2D eigenvalue weighted by atomic mass is 10.2. The summed E-state index contributed by atoms with van der Waals surface area (Å²) in [4.78, 5) is 4.30. The van der Waals surface area contributed by atoms with Gasteiger partial charge in [-0.3, -0.25) is 0 Å². The minimum absolute atomic E-state index is 0.157. The number of nitrogens with one attached hydrogen (secondary N) is 1. The Morgan fingerprint density at radius 3 is 3.07 bits per heavy atom. The highest BCUT2D eigenvalue weighted by Crippen LogP contribution is 2.16. The third-order valence-electron chi connectivity index (χ3n) is 2.35. The van der Waals surface area contributed by atoms with Crippen LogP contribution >= 0.6 is 0 Å². The van der Waals surface area contributed by atoms with E-state index in [0.717, 1.165) is 23.3 Å². The van der Waals surface area contributed by atoms with E-state index in [4.69, 9.17) is 5.73 Å². The smallest absolute Gasteiger partial charge is 0.0955 e. The number of benzene rings is 1. The maximum Gasteiger partial charge on any atom is 0.0955 e. The zero-order chi connectivity index (χ0) is 10.8. The van der Waals surface area contributed by atoms with E-state index in [1.807, 2.05) is 37.0 Å². The second-order valence-electron chi connectivity index (χ2n) is 3.92. The zero-order valence-corrected chi connectivity index (χ0v) is 9.07. The molecule has 4 nitrogen and oxygen atoms in total. The molecule has 0 aliphatic carbocycles. The molecule has 2 aromatic rings. The molecule has 0 fully saturated rings. The third-order valence-corrected chi connectivity index (χ3v) is 2.35. The summed E-state index contributed by atoms with van der Waals surface area (Å²) in [6, 6.07) is 6.31. The third kappa shape index (κ3) is 2.10. The molecule has 3 N–H and O–H groups in total. The Labute approximate surface area is 89.1 Å². The molecule has 15 heavy (non-hydrogen) atoms. The lowest BCUT2D eigenvalue weighted by Gasteiger charge is -2.08. The van der Waals surface area contributed by atoms with Crippen molar-refractivity contribution in [3.63, 3.8) is 0 Å². The van der Waals surface area contributed by atoms with Crippen molar-refractivity contribution in [2.45, 2.75) is 13.0 Å². The molecule has 0 aliphatic rings. The van der Waals surface area contributed by atoms with Gasteiger partial charge in [-0.25, -0.2) is 4.98 Å². The molecule has 1 heterocycles. The molecule has 0 radical (unpaired) electrons. The largest absolute Gasteiger partial charge is 0.383 e. The first-order valence-corrected chi connectivity index (χ1v) is 5.07. The van der Waals surface area contributed by atoms with Crippen molar-refractivity contribution >= 4 is 16.7 Å². The van der Waals surface area contributed by atoms with E-state index in [-0.39, 0.29) is 6.04 Å². The first kappa shape index (κ1) is 9.98. The summed E-state index contributed by atoms with van der Waals surface area (Å²) in [5.41, 5.74) is 8.89. The van der Waals surface area contributed by atoms with Crippen LogP contribution in [0.4, 0.5) is 5.69 Å². The van der Waals surface area contributed by atoms with Crippen LogP contribution in [0.3, 0.4) is 0 Å². The lowest BCUT2D eigenvalue weighted by Crippen LogP contribution is -2.25. The van der Waals surface area contributed by atoms with Crippen LogP contribution in [0, 0.1) is 0 Å². The number of rotatable bonds is 3.